The number of hydrogen-bond donors (Lipinski definition) is 0. The van der Waals surface area contributed by atoms with Crippen LogP contribution >= 0.6 is 0 Å². The molecule has 31 heavy (non-hydrogen) atoms. The molecule has 2 heterocycles. The van der Waals surface area contributed by atoms with Gasteiger partial charge in [0.05, 0.1) is 11.9 Å². The van der Waals surface area contributed by atoms with Crippen molar-refractivity contribution in [1.82, 2.24) is 4.90 Å². The molecule has 6 nitrogen and oxygen atoms in total. The van der Waals surface area contributed by atoms with Crippen LogP contribution in [0.4, 0.5) is 4.39 Å². The molecule has 0 radical (unpaired) electrons. The predicted octanol–water partition coefficient (Wildman–Crippen LogP) is 3.15. The summed E-state index contributed by atoms with van der Waals surface area (Å²) in [5.41, 5.74) is 1.15. The van der Waals surface area contributed by atoms with Crippen LogP contribution < -0.4 is 0 Å². The average molecular weight is 446 g/mol. The van der Waals surface area contributed by atoms with Crippen LogP contribution in [0.1, 0.15) is 24.0 Å². The molecule has 1 amide bonds. The number of hydrogen-bond acceptors (Lipinski definition) is 5. The predicted molar refractivity (Wildman–Crippen MR) is 114 cm³/mol. The van der Waals surface area contributed by atoms with Gasteiger partial charge in [0, 0.05) is 19.7 Å². The molecule has 1 atom stereocenters. The highest BCUT2D eigenvalue weighted by atomic mass is 32.2. The standard InChI is InChI=1S/C23H24FNO5S/c24-19-10-8-17(9-11-19)15-25(16-20-7-4-12-29-20)23(26)21-22(18-5-2-1-3-6-18)31(27,28)14-13-30-21/h1-3,5-6,8-11,20H,4,7,12-16H2/t20-/m1/s1. The maximum Gasteiger partial charge on any atom is 0.290 e. The van der Waals surface area contributed by atoms with Crippen molar-refractivity contribution >= 4 is 20.6 Å². The number of carbonyl (C=O) groups is 1. The lowest BCUT2D eigenvalue weighted by Gasteiger charge is -2.29. The van der Waals surface area contributed by atoms with Crippen molar-refractivity contribution in [1.29, 1.82) is 0 Å². The lowest BCUT2D eigenvalue weighted by molar-refractivity contribution is -0.133. The van der Waals surface area contributed by atoms with Gasteiger partial charge >= 0.3 is 0 Å². The van der Waals surface area contributed by atoms with Crippen LogP contribution in [0, 0.1) is 5.82 Å². The molecule has 0 aromatic heterocycles. The van der Waals surface area contributed by atoms with E-state index in [2.05, 4.69) is 0 Å². The van der Waals surface area contributed by atoms with Crippen molar-refractivity contribution in [3.05, 3.63) is 77.3 Å². The van der Waals surface area contributed by atoms with Crippen molar-refractivity contribution in [2.75, 3.05) is 25.5 Å². The number of sulfone groups is 1. The average Bonchev–Trinajstić information content (AvgIpc) is 3.27. The van der Waals surface area contributed by atoms with Gasteiger partial charge in [-0.2, -0.15) is 0 Å². The first kappa shape index (κ1) is 21.5. The molecule has 164 valence electrons. The van der Waals surface area contributed by atoms with Crippen molar-refractivity contribution < 1.29 is 27.1 Å². The molecular formula is C23H24FNO5S. The summed E-state index contributed by atoms with van der Waals surface area (Å²) in [6, 6.07) is 14.4. The van der Waals surface area contributed by atoms with E-state index in [0.29, 0.717) is 18.7 Å². The van der Waals surface area contributed by atoms with E-state index >= 15 is 0 Å². The summed E-state index contributed by atoms with van der Waals surface area (Å²) in [5, 5.41) is 0. The van der Waals surface area contributed by atoms with Gasteiger partial charge in [0.15, 0.2) is 9.84 Å². The Labute approximate surface area is 181 Å². The van der Waals surface area contributed by atoms with E-state index in [-0.39, 0.29) is 41.5 Å². The molecule has 0 N–H and O–H groups in total. The number of benzene rings is 2. The minimum atomic E-state index is -3.68. The Morgan fingerprint density at radius 2 is 1.81 bits per heavy atom. The van der Waals surface area contributed by atoms with Gasteiger partial charge < -0.3 is 14.4 Å². The van der Waals surface area contributed by atoms with Gasteiger partial charge in [0.25, 0.3) is 5.91 Å². The van der Waals surface area contributed by atoms with Crippen LogP contribution in [0.5, 0.6) is 0 Å². The van der Waals surface area contributed by atoms with Crippen LogP contribution in [0.3, 0.4) is 0 Å². The van der Waals surface area contributed by atoms with Crippen molar-refractivity contribution in [2.24, 2.45) is 0 Å². The molecule has 2 aliphatic rings. The third kappa shape index (κ3) is 4.97. The van der Waals surface area contributed by atoms with E-state index in [4.69, 9.17) is 9.47 Å². The van der Waals surface area contributed by atoms with Crippen LogP contribution in [-0.2, 0) is 30.7 Å². The summed E-state index contributed by atoms with van der Waals surface area (Å²) in [6.45, 7) is 1.04. The fourth-order valence-corrected chi connectivity index (χ4v) is 5.26. The van der Waals surface area contributed by atoms with Gasteiger partial charge in [-0.1, -0.05) is 42.5 Å². The molecule has 0 spiro atoms. The molecule has 0 saturated carbocycles. The SMILES string of the molecule is O=C(C1=C(c2ccccc2)S(=O)(=O)CCO1)N(Cc1ccc(F)cc1)C[C@H]1CCCO1. The fraction of sp³-hybridized carbons (Fsp3) is 0.348. The van der Waals surface area contributed by atoms with Crippen LogP contribution in [-0.4, -0.2) is 50.8 Å². The second-order valence-corrected chi connectivity index (χ2v) is 9.68. The first-order chi connectivity index (χ1) is 14.9. The lowest BCUT2D eigenvalue weighted by Crippen LogP contribution is -2.40. The van der Waals surface area contributed by atoms with E-state index in [0.717, 1.165) is 18.4 Å². The number of amides is 1. The van der Waals surface area contributed by atoms with E-state index in [1.54, 1.807) is 42.5 Å². The summed E-state index contributed by atoms with van der Waals surface area (Å²) in [4.78, 5) is 15.0. The zero-order valence-electron chi connectivity index (χ0n) is 17.0. The van der Waals surface area contributed by atoms with Crippen molar-refractivity contribution in [2.45, 2.75) is 25.5 Å². The number of carbonyl (C=O) groups excluding carboxylic acids is 1. The van der Waals surface area contributed by atoms with Gasteiger partial charge in [-0.15, -0.1) is 0 Å². The monoisotopic (exact) mass is 445 g/mol. The van der Waals surface area contributed by atoms with Crippen LogP contribution in [0.15, 0.2) is 60.4 Å². The normalized spacial score (nSPS) is 20.4. The van der Waals surface area contributed by atoms with Crippen LogP contribution in [0.2, 0.25) is 0 Å². The molecule has 0 aliphatic carbocycles. The largest absolute Gasteiger partial charge is 0.486 e. The molecule has 2 aromatic rings. The number of ether oxygens (including phenoxy) is 2. The zero-order valence-corrected chi connectivity index (χ0v) is 17.8. The number of nitrogens with zero attached hydrogens (tertiary/aromatic N) is 1. The van der Waals surface area contributed by atoms with Gasteiger partial charge in [0.2, 0.25) is 5.76 Å². The van der Waals surface area contributed by atoms with Crippen molar-refractivity contribution in [3.8, 4) is 0 Å². The molecule has 0 unspecified atom stereocenters. The Morgan fingerprint density at radius 1 is 1.06 bits per heavy atom. The molecule has 2 aliphatic heterocycles. The molecular weight excluding hydrogens is 421 g/mol. The van der Waals surface area contributed by atoms with Gasteiger partial charge in [-0.05, 0) is 36.1 Å². The zero-order chi connectivity index (χ0) is 21.8. The highest BCUT2D eigenvalue weighted by molar-refractivity contribution is 8.00. The Morgan fingerprint density at radius 3 is 2.48 bits per heavy atom. The quantitative estimate of drug-likeness (QED) is 0.683. The molecule has 1 fully saturated rings. The summed E-state index contributed by atoms with van der Waals surface area (Å²) < 4.78 is 50.5. The summed E-state index contributed by atoms with van der Waals surface area (Å²) >= 11 is 0. The Balaban J connectivity index is 1.72. The van der Waals surface area contributed by atoms with E-state index in [1.165, 1.54) is 17.0 Å². The summed E-state index contributed by atoms with van der Waals surface area (Å²) in [5.74, 6) is -1.23. The smallest absolute Gasteiger partial charge is 0.290 e. The first-order valence-electron chi connectivity index (χ1n) is 10.2. The van der Waals surface area contributed by atoms with Gasteiger partial charge in [-0.25, -0.2) is 12.8 Å². The fourth-order valence-electron chi connectivity index (χ4n) is 3.83. The second kappa shape index (κ2) is 9.20. The Bertz CT molecular complexity index is 1060. The van der Waals surface area contributed by atoms with Gasteiger partial charge in [-0.3, -0.25) is 4.79 Å². The van der Waals surface area contributed by atoms with Crippen LogP contribution in [0.25, 0.3) is 4.91 Å². The Hall–Kier alpha value is -2.71. The molecule has 2 aromatic carbocycles. The Kier molecular flexibility index (Phi) is 6.38. The molecule has 1 saturated heterocycles. The topological polar surface area (TPSA) is 72.9 Å². The molecule has 4 rings (SSSR count). The number of halogens is 1. The maximum atomic E-state index is 13.6. The second-order valence-electron chi connectivity index (χ2n) is 7.64. The highest BCUT2D eigenvalue weighted by Gasteiger charge is 2.36. The summed E-state index contributed by atoms with van der Waals surface area (Å²) in [6.07, 6.45) is 1.59. The highest BCUT2D eigenvalue weighted by Crippen LogP contribution is 2.31. The minimum Gasteiger partial charge on any atom is -0.486 e. The lowest BCUT2D eigenvalue weighted by atomic mass is 10.1. The minimum absolute atomic E-state index is 0.0793. The van der Waals surface area contributed by atoms with Crippen molar-refractivity contribution in [3.63, 3.8) is 0 Å². The maximum absolute atomic E-state index is 13.6. The third-order valence-electron chi connectivity index (χ3n) is 5.37. The van der Waals surface area contributed by atoms with Gasteiger partial charge in [0.1, 0.15) is 17.3 Å². The van der Waals surface area contributed by atoms with E-state index < -0.39 is 15.7 Å². The third-order valence-corrected chi connectivity index (χ3v) is 7.12. The van der Waals surface area contributed by atoms with E-state index in [9.17, 15) is 17.6 Å². The van der Waals surface area contributed by atoms with E-state index in [1.807, 2.05) is 0 Å². The molecule has 8 heteroatoms. The molecule has 0 bridgehead atoms. The summed E-state index contributed by atoms with van der Waals surface area (Å²) in [7, 11) is -3.68. The first-order valence-corrected chi connectivity index (χ1v) is 11.9. The number of rotatable bonds is 6.